The van der Waals surface area contributed by atoms with E-state index in [1.165, 1.54) is 0 Å². The van der Waals surface area contributed by atoms with Gasteiger partial charge < -0.3 is 15.0 Å². The number of carbonyl (C=O) groups is 1. The van der Waals surface area contributed by atoms with E-state index >= 15 is 0 Å². The van der Waals surface area contributed by atoms with Crippen molar-refractivity contribution in [1.29, 1.82) is 0 Å². The molecule has 2 N–H and O–H groups in total. The maximum absolute atomic E-state index is 12.5. The number of aryl methyl sites for hydroxylation is 1. The summed E-state index contributed by atoms with van der Waals surface area (Å²) >= 11 is 6.67. The van der Waals surface area contributed by atoms with Crippen LogP contribution in [-0.2, 0) is 23.0 Å². The van der Waals surface area contributed by atoms with E-state index in [4.69, 9.17) is 21.3 Å². The van der Waals surface area contributed by atoms with Gasteiger partial charge in [-0.05, 0) is 57.6 Å². The Labute approximate surface area is 186 Å². The van der Waals surface area contributed by atoms with Gasteiger partial charge >= 0.3 is 5.97 Å². The SMILES string of the molecule is CCOC(=O)c1cc(Cl)c2c(c1)NCC21CCN(c2nc3c(c(=O)[nH]2)CCCC3)CC1. The van der Waals surface area contributed by atoms with Crippen LogP contribution in [0, 0.1) is 0 Å². The number of aromatic nitrogens is 2. The van der Waals surface area contributed by atoms with Gasteiger partial charge in [0.1, 0.15) is 0 Å². The number of H-pyrrole nitrogens is 1. The molecular formula is C23H27ClN4O3. The number of rotatable bonds is 3. The molecule has 1 aromatic heterocycles. The van der Waals surface area contributed by atoms with E-state index in [1.54, 1.807) is 13.0 Å². The highest BCUT2D eigenvalue weighted by molar-refractivity contribution is 6.32. The first-order chi connectivity index (χ1) is 15.0. The summed E-state index contributed by atoms with van der Waals surface area (Å²) in [5.41, 5.74) is 4.25. The lowest BCUT2D eigenvalue weighted by atomic mass is 9.74. The van der Waals surface area contributed by atoms with Crippen LogP contribution in [0.5, 0.6) is 0 Å². The maximum Gasteiger partial charge on any atom is 0.338 e. The van der Waals surface area contributed by atoms with Crippen LogP contribution in [0.1, 0.15) is 59.8 Å². The zero-order valence-electron chi connectivity index (χ0n) is 17.7. The lowest BCUT2D eigenvalue weighted by Gasteiger charge is -2.40. The van der Waals surface area contributed by atoms with Gasteiger partial charge in [0.25, 0.3) is 5.56 Å². The first-order valence-electron chi connectivity index (χ1n) is 11.1. The molecule has 0 saturated carbocycles. The van der Waals surface area contributed by atoms with Crippen molar-refractivity contribution >= 4 is 29.2 Å². The fraction of sp³-hybridized carbons (Fsp3) is 0.522. The lowest BCUT2D eigenvalue weighted by molar-refractivity contribution is 0.0526. The van der Waals surface area contributed by atoms with Crippen molar-refractivity contribution in [2.45, 2.75) is 50.9 Å². The smallest absolute Gasteiger partial charge is 0.338 e. The highest BCUT2D eigenvalue weighted by atomic mass is 35.5. The number of benzene rings is 1. The molecule has 3 aliphatic rings. The standard InChI is InChI=1S/C23H27ClN4O3/c1-2-31-21(30)14-11-16(24)19-18(12-14)25-13-23(19)7-9-28(10-8-23)22-26-17-6-4-3-5-15(17)20(29)27-22/h11-12,25H,2-10,13H2,1H3,(H,26,27,29). The number of halogens is 1. The molecule has 8 heteroatoms. The summed E-state index contributed by atoms with van der Waals surface area (Å²) < 4.78 is 5.12. The van der Waals surface area contributed by atoms with Crippen molar-refractivity contribution in [3.05, 3.63) is 49.9 Å². The van der Waals surface area contributed by atoms with E-state index in [-0.39, 0.29) is 16.9 Å². The number of hydrogen-bond acceptors (Lipinski definition) is 6. The number of ether oxygens (including phenoxy) is 1. The number of hydrogen-bond donors (Lipinski definition) is 2. The monoisotopic (exact) mass is 442 g/mol. The van der Waals surface area contributed by atoms with Crippen LogP contribution in [0.4, 0.5) is 11.6 Å². The summed E-state index contributed by atoms with van der Waals surface area (Å²) in [5, 5.41) is 4.07. The number of nitrogens with one attached hydrogen (secondary N) is 2. The molecule has 1 spiro atoms. The molecule has 0 radical (unpaired) electrons. The minimum atomic E-state index is -0.354. The van der Waals surface area contributed by atoms with Crippen LogP contribution >= 0.6 is 11.6 Å². The van der Waals surface area contributed by atoms with Gasteiger partial charge in [0.15, 0.2) is 0 Å². The predicted octanol–water partition coefficient (Wildman–Crippen LogP) is 3.44. The Morgan fingerprint density at radius 2 is 2.03 bits per heavy atom. The van der Waals surface area contributed by atoms with E-state index in [1.807, 2.05) is 6.07 Å². The second-order valence-corrected chi connectivity index (χ2v) is 9.15. The zero-order chi connectivity index (χ0) is 21.6. The number of anilines is 2. The van der Waals surface area contributed by atoms with Crippen molar-refractivity contribution in [3.63, 3.8) is 0 Å². The molecule has 0 atom stereocenters. The fourth-order valence-corrected chi connectivity index (χ4v) is 5.70. The molecule has 3 heterocycles. The van der Waals surface area contributed by atoms with E-state index < -0.39 is 0 Å². The van der Waals surface area contributed by atoms with Crippen molar-refractivity contribution < 1.29 is 9.53 Å². The fourth-order valence-electron chi connectivity index (χ4n) is 5.28. The number of aromatic amines is 1. The molecule has 5 rings (SSSR count). The summed E-state index contributed by atoms with van der Waals surface area (Å²) in [6.07, 6.45) is 5.67. The van der Waals surface area contributed by atoms with Gasteiger partial charge in [-0.1, -0.05) is 11.6 Å². The number of carbonyl (C=O) groups excluding carboxylic acids is 1. The molecule has 1 saturated heterocycles. The zero-order valence-corrected chi connectivity index (χ0v) is 18.5. The van der Waals surface area contributed by atoms with E-state index in [0.717, 1.165) is 80.7 Å². The molecule has 1 fully saturated rings. The second-order valence-electron chi connectivity index (χ2n) is 8.74. The number of fused-ring (bicyclic) bond motifs is 3. The number of piperidine rings is 1. The van der Waals surface area contributed by atoms with Crippen LogP contribution in [-0.4, -0.2) is 42.2 Å². The van der Waals surface area contributed by atoms with Crippen molar-refractivity contribution in [3.8, 4) is 0 Å². The highest BCUT2D eigenvalue weighted by Gasteiger charge is 2.43. The van der Waals surface area contributed by atoms with Gasteiger partial charge in [0.2, 0.25) is 5.95 Å². The van der Waals surface area contributed by atoms with Crippen LogP contribution in [0.3, 0.4) is 0 Å². The van der Waals surface area contributed by atoms with Crippen molar-refractivity contribution in [2.75, 3.05) is 36.5 Å². The van der Waals surface area contributed by atoms with Gasteiger partial charge in [-0.2, -0.15) is 0 Å². The Hall–Kier alpha value is -2.54. The molecule has 31 heavy (non-hydrogen) atoms. The quantitative estimate of drug-likeness (QED) is 0.708. The molecule has 2 aromatic rings. The maximum atomic E-state index is 12.5. The summed E-state index contributed by atoms with van der Waals surface area (Å²) in [7, 11) is 0. The molecule has 1 aliphatic carbocycles. The van der Waals surface area contributed by atoms with Crippen LogP contribution in [0.15, 0.2) is 16.9 Å². The molecular weight excluding hydrogens is 416 g/mol. The van der Waals surface area contributed by atoms with Crippen LogP contribution in [0.2, 0.25) is 5.02 Å². The molecule has 0 bridgehead atoms. The minimum absolute atomic E-state index is 0.0161. The second kappa shape index (κ2) is 7.86. The molecule has 0 unspecified atom stereocenters. The van der Waals surface area contributed by atoms with E-state index in [0.29, 0.717) is 23.1 Å². The normalized spacial score (nSPS) is 19.0. The van der Waals surface area contributed by atoms with Crippen LogP contribution in [0.25, 0.3) is 0 Å². The Kier molecular flexibility index (Phi) is 5.16. The van der Waals surface area contributed by atoms with E-state index in [9.17, 15) is 9.59 Å². The van der Waals surface area contributed by atoms with Crippen LogP contribution < -0.4 is 15.8 Å². The van der Waals surface area contributed by atoms with Gasteiger partial charge in [-0.15, -0.1) is 0 Å². The lowest BCUT2D eigenvalue weighted by Crippen LogP contribution is -2.45. The minimum Gasteiger partial charge on any atom is -0.462 e. The average molecular weight is 443 g/mol. The molecule has 164 valence electrons. The molecule has 7 nitrogen and oxygen atoms in total. The summed E-state index contributed by atoms with van der Waals surface area (Å²) in [6.45, 7) is 4.49. The number of esters is 1. The molecule has 1 aromatic carbocycles. The largest absolute Gasteiger partial charge is 0.462 e. The van der Waals surface area contributed by atoms with Crippen molar-refractivity contribution in [2.24, 2.45) is 0 Å². The molecule has 2 aliphatic heterocycles. The van der Waals surface area contributed by atoms with Gasteiger partial charge in [0, 0.05) is 46.9 Å². The third-order valence-electron chi connectivity index (χ3n) is 6.95. The first-order valence-corrected chi connectivity index (χ1v) is 11.5. The Morgan fingerprint density at radius 1 is 1.26 bits per heavy atom. The van der Waals surface area contributed by atoms with Crippen molar-refractivity contribution in [1.82, 2.24) is 9.97 Å². The average Bonchev–Trinajstić information content (AvgIpc) is 3.13. The third kappa shape index (κ3) is 3.49. The van der Waals surface area contributed by atoms with Gasteiger partial charge in [0.05, 0.1) is 17.9 Å². The van der Waals surface area contributed by atoms with Gasteiger partial charge in [-0.25, -0.2) is 9.78 Å². The van der Waals surface area contributed by atoms with E-state index in [2.05, 4.69) is 15.2 Å². The first kappa shape index (κ1) is 20.4. The summed E-state index contributed by atoms with van der Waals surface area (Å²) in [6, 6.07) is 3.57. The highest BCUT2D eigenvalue weighted by Crippen LogP contribution is 2.48. The Balaban J connectivity index is 1.38. The topological polar surface area (TPSA) is 87.3 Å². The summed E-state index contributed by atoms with van der Waals surface area (Å²) in [5.74, 6) is 0.336. The van der Waals surface area contributed by atoms with Gasteiger partial charge in [-0.3, -0.25) is 9.78 Å². The summed E-state index contributed by atoms with van der Waals surface area (Å²) in [4.78, 5) is 34.7. The third-order valence-corrected chi connectivity index (χ3v) is 7.25. The number of nitrogens with zero attached hydrogens (tertiary/aromatic N) is 2. The Bertz CT molecular complexity index is 1090. The predicted molar refractivity (Wildman–Crippen MR) is 121 cm³/mol. The Morgan fingerprint density at radius 3 is 2.81 bits per heavy atom. The molecule has 0 amide bonds.